The van der Waals surface area contributed by atoms with E-state index in [0.29, 0.717) is 0 Å². The SMILES string of the molecule is CC(C)(I)c1cccc2c1CCC2. The number of halogens is 1. The average Bonchev–Trinajstić information content (AvgIpc) is 2.48. The molecule has 1 aliphatic rings. The van der Waals surface area contributed by atoms with E-state index < -0.39 is 0 Å². The van der Waals surface area contributed by atoms with Gasteiger partial charge in [0, 0.05) is 3.42 Å². The molecule has 1 aromatic rings. The zero-order valence-electron chi connectivity index (χ0n) is 8.23. The van der Waals surface area contributed by atoms with Crippen LogP contribution in [0, 0.1) is 0 Å². The van der Waals surface area contributed by atoms with Crippen molar-refractivity contribution in [3.8, 4) is 0 Å². The number of hydrogen-bond acceptors (Lipinski definition) is 0. The molecule has 0 spiro atoms. The number of alkyl halides is 1. The molecule has 0 saturated heterocycles. The van der Waals surface area contributed by atoms with Gasteiger partial charge < -0.3 is 0 Å². The summed E-state index contributed by atoms with van der Waals surface area (Å²) in [4.78, 5) is 0. The fraction of sp³-hybridized carbons (Fsp3) is 0.500. The van der Waals surface area contributed by atoms with Crippen LogP contribution in [0.4, 0.5) is 0 Å². The Kier molecular flexibility index (Phi) is 2.39. The molecule has 13 heavy (non-hydrogen) atoms. The summed E-state index contributed by atoms with van der Waals surface area (Å²) in [6, 6.07) is 6.78. The second-order valence-electron chi connectivity index (χ2n) is 4.27. The van der Waals surface area contributed by atoms with Gasteiger partial charge in [-0.3, -0.25) is 0 Å². The Hall–Kier alpha value is -0.0500. The molecule has 1 aliphatic carbocycles. The molecule has 0 heterocycles. The van der Waals surface area contributed by atoms with Crippen molar-refractivity contribution in [2.75, 3.05) is 0 Å². The lowest BCUT2D eigenvalue weighted by atomic mass is 9.95. The highest BCUT2D eigenvalue weighted by molar-refractivity contribution is 14.1. The lowest BCUT2D eigenvalue weighted by Crippen LogP contribution is -2.09. The van der Waals surface area contributed by atoms with Gasteiger partial charge in [-0.25, -0.2) is 0 Å². The van der Waals surface area contributed by atoms with Crippen molar-refractivity contribution in [2.45, 2.75) is 36.5 Å². The van der Waals surface area contributed by atoms with Crippen LogP contribution in [-0.4, -0.2) is 0 Å². The van der Waals surface area contributed by atoms with Gasteiger partial charge >= 0.3 is 0 Å². The molecule has 70 valence electrons. The molecule has 0 bridgehead atoms. The van der Waals surface area contributed by atoms with Crippen molar-refractivity contribution < 1.29 is 0 Å². The first-order valence-electron chi connectivity index (χ1n) is 4.89. The highest BCUT2D eigenvalue weighted by atomic mass is 127. The van der Waals surface area contributed by atoms with Gasteiger partial charge in [0.1, 0.15) is 0 Å². The highest BCUT2D eigenvalue weighted by Crippen LogP contribution is 2.37. The standard InChI is InChI=1S/C12H15I/c1-12(2,13)11-8-4-6-9-5-3-7-10(9)11/h4,6,8H,3,5,7H2,1-2H3. The Morgan fingerprint density at radius 3 is 2.69 bits per heavy atom. The van der Waals surface area contributed by atoms with Crippen LogP contribution in [-0.2, 0) is 16.3 Å². The van der Waals surface area contributed by atoms with Crippen molar-refractivity contribution in [3.05, 3.63) is 34.9 Å². The molecule has 2 rings (SSSR count). The summed E-state index contributed by atoms with van der Waals surface area (Å²) in [5, 5.41) is 0. The van der Waals surface area contributed by atoms with E-state index in [1.54, 1.807) is 16.7 Å². The van der Waals surface area contributed by atoms with E-state index >= 15 is 0 Å². The molecule has 0 aliphatic heterocycles. The van der Waals surface area contributed by atoms with Gasteiger partial charge in [0.25, 0.3) is 0 Å². The molecule has 0 amide bonds. The quantitative estimate of drug-likeness (QED) is 0.543. The van der Waals surface area contributed by atoms with Crippen LogP contribution < -0.4 is 0 Å². The van der Waals surface area contributed by atoms with Crippen molar-refractivity contribution in [3.63, 3.8) is 0 Å². The van der Waals surface area contributed by atoms with Gasteiger partial charge in [0.05, 0.1) is 0 Å². The number of rotatable bonds is 1. The topological polar surface area (TPSA) is 0 Å². The molecule has 0 aromatic heterocycles. The summed E-state index contributed by atoms with van der Waals surface area (Å²) in [5.41, 5.74) is 4.76. The third-order valence-electron chi connectivity index (χ3n) is 2.79. The minimum atomic E-state index is 0.285. The molecule has 0 N–H and O–H groups in total. The molecule has 0 radical (unpaired) electrons. The first-order chi connectivity index (χ1) is 6.09. The fourth-order valence-corrected chi connectivity index (χ4v) is 2.68. The van der Waals surface area contributed by atoms with Gasteiger partial charge in [-0.1, -0.05) is 40.8 Å². The van der Waals surface area contributed by atoms with Crippen molar-refractivity contribution in [1.29, 1.82) is 0 Å². The van der Waals surface area contributed by atoms with E-state index in [9.17, 15) is 0 Å². The molecule has 0 fully saturated rings. The second-order valence-corrected chi connectivity index (χ2v) is 6.97. The average molecular weight is 286 g/mol. The van der Waals surface area contributed by atoms with Crippen LogP contribution in [0.15, 0.2) is 18.2 Å². The highest BCUT2D eigenvalue weighted by Gasteiger charge is 2.23. The molecule has 0 unspecified atom stereocenters. The van der Waals surface area contributed by atoms with Gasteiger partial charge in [-0.2, -0.15) is 0 Å². The predicted octanol–water partition coefficient (Wildman–Crippen LogP) is 3.85. The maximum absolute atomic E-state index is 2.54. The van der Waals surface area contributed by atoms with Crippen molar-refractivity contribution in [1.82, 2.24) is 0 Å². The van der Waals surface area contributed by atoms with Crippen molar-refractivity contribution >= 4 is 22.6 Å². The first kappa shape index (κ1) is 9.50. The van der Waals surface area contributed by atoms with Crippen molar-refractivity contribution in [2.24, 2.45) is 0 Å². The minimum Gasteiger partial charge on any atom is -0.0743 e. The monoisotopic (exact) mass is 286 g/mol. The Morgan fingerprint density at radius 1 is 1.23 bits per heavy atom. The summed E-state index contributed by atoms with van der Waals surface area (Å²) in [7, 11) is 0. The summed E-state index contributed by atoms with van der Waals surface area (Å²) >= 11 is 2.54. The van der Waals surface area contributed by atoms with E-state index in [2.05, 4.69) is 54.6 Å². The fourth-order valence-electron chi connectivity index (χ4n) is 2.18. The maximum atomic E-state index is 2.54. The predicted molar refractivity (Wildman–Crippen MR) is 65.5 cm³/mol. The van der Waals surface area contributed by atoms with Crippen LogP contribution in [0.5, 0.6) is 0 Å². The number of fused-ring (bicyclic) bond motifs is 1. The zero-order chi connectivity index (χ0) is 9.47. The van der Waals surface area contributed by atoms with Gasteiger partial charge in [0.2, 0.25) is 0 Å². The molecule has 0 atom stereocenters. The van der Waals surface area contributed by atoms with Crippen LogP contribution in [0.1, 0.15) is 37.0 Å². The molecular weight excluding hydrogens is 271 g/mol. The summed E-state index contributed by atoms with van der Waals surface area (Å²) < 4.78 is 0.285. The Bertz CT molecular complexity index is 320. The largest absolute Gasteiger partial charge is 0.0743 e. The smallest absolute Gasteiger partial charge is 0.0417 e. The van der Waals surface area contributed by atoms with Gasteiger partial charge in [0.15, 0.2) is 0 Å². The second kappa shape index (κ2) is 3.26. The van der Waals surface area contributed by atoms with E-state index in [4.69, 9.17) is 0 Å². The van der Waals surface area contributed by atoms with Gasteiger partial charge in [-0.15, -0.1) is 0 Å². The third kappa shape index (κ3) is 1.76. The minimum absolute atomic E-state index is 0.285. The number of benzene rings is 1. The first-order valence-corrected chi connectivity index (χ1v) is 5.97. The number of hydrogen-bond donors (Lipinski definition) is 0. The van der Waals surface area contributed by atoms with Crippen LogP contribution in [0.25, 0.3) is 0 Å². The Morgan fingerprint density at radius 2 is 2.00 bits per heavy atom. The lowest BCUT2D eigenvalue weighted by molar-refractivity contribution is 0.806. The van der Waals surface area contributed by atoms with Crippen LogP contribution >= 0.6 is 22.6 Å². The molecule has 1 aromatic carbocycles. The van der Waals surface area contributed by atoms with Crippen LogP contribution in [0.3, 0.4) is 0 Å². The maximum Gasteiger partial charge on any atom is 0.0417 e. The van der Waals surface area contributed by atoms with Gasteiger partial charge in [-0.05, 0) is 49.8 Å². The van der Waals surface area contributed by atoms with E-state index in [0.717, 1.165) is 0 Å². The van der Waals surface area contributed by atoms with E-state index in [-0.39, 0.29) is 3.42 Å². The Labute approximate surface area is 93.9 Å². The summed E-state index contributed by atoms with van der Waals surface area (Å²) in [6.07, 6.45) is 3.92. The lowest BCUT2D eigenvalue weighted by Gasteiger charge is -2.20. The molecular formula is C12H15I. The zero-order valence-corrected chi connectivity index (χ0v) is 10.4. The molecule has 0 saturated carbocycles. The summed E-state index contributed by atoms with van der Waals surface area (Å²) in [5.74, 6) is 0. The number of aryl methyl sites for hydroxylation is 1. The van der Waals surface area contributed by atoms with E-state index in [1.165, 1.54) is 19.3 Å². The third-order valence-corrected chi connectivity index (χ3v) is 3.37. The normalized spacial score (nSPS) is 15.9. The Balaban J connectivity index is 2.54. The molecule has 1 heteroatoms. The summed E-state index contributed by atoms with van der Waals surface area (Å²) in [6.45, 7) is 4.59. The van der Waals surface area contributed by atoms with Crippen LogP contribution in [0.2, 0.25) is 0 Å². The van der Waals surface area contributed by atoms with E-state index in [1.807, 2.05) is 0 Å². The molecule has 0 nitrogen and oxygen atoms in total.